The van der Waals surface area contributed by atoms with E-state index in [2.05, 4.69) is 15.9 Å². The van der Waals surface area contributed by atoms with Gasteiger partial charge in [-0.25, -0.2) is 0 Å². The van der Waals surface area contributed by atoms with Gasteiger partial charge in [-0.1, -0.05) is 41.3 Å². The number of rotatable bonds is 2. The molecule has 0 aliphatic heterocycles. The largest absolute Gasteiger partial charge is 0.508 e. The topological polar surface area (TPSA) is 57.5 Å². The summed E-state index contributed by atoms with van der Waals surface area (Å²) in [4.78, 5) is 11.6. The third kappa shape index (κ3) is 2.18. The monoisotopic (exact) mass is 298 g/mol. The minimum absolute atomic E-state index is 0.150. The first-order chi connectivity index (χ1) is 8.06. The van der Waals surface area contributed by atoms with Crippen molar-refractivity contribution in [2.24, 2.45) is 0 Å². The predicted molar refractivity (Wildman–Crippen MR) is 68.2 cm³/mol. The highest BCUT2D eigenvalue weighted by Crippen LogP contribution is 2.43. The molecule has 92 valence electrons. The third-order valence-corrected chi connectivity index (χ3v) is 4.24. The number of hydrogen-bond acceptors (Lipinski definition) is 2. The highest BCUT2D eigenvalue weighted by molar-refractivity contribution is 9.10. The minimum atomic E-state index is -0.787. The molecule has 0 saturated heterocycles. The van der Waals surface area contributed by atoms with Crippen LogP contribution in [0.25, 0.3) is 0 Å². The number of phenols is 1. The number of aliphatic carboxylic acids is 1. The van der Waals surface area contributed by atoms with Gasteiger partial charge in [-0.15, -0.1) is 0 Å². The van der Waals surface area contributed by atoms with Gasteiger partial charge in [0, 0.05) is 4.47 Å². The minimum Gasteiger partial charge on any atom is -0.508 e. The molecule has 1 aliphatic rings. The van der Waals surface area contributed by atoms with Crippen molar-refractivity contribution in [1.29, 1.82) is 0 Å². The van der Waals surface area contributed by atoms with Gasteiger partial charge in [0.1, 0.15) is 5.75 Å². The number of halogens is 1. The molecule has 0 amide bonds. The van der Waals surface area contributed by atoms with E-state index in [9.17, 15) is 15.0 Å². The van der Waals surface area contributed by atoms with Crippen LogP contribution < -0.4 is 0 Å². The van der Waals surface area contributed by atoms with E-state index < -0.39 is 11.4 Å². The van der Waals surface area contributed by atoms with Crippen LogP contribution in [0.15, 0.2) is 22.7 Å². The summed E-state index contributed by atoms with van der Waals surface area (Å²) in [5.74, 6) is -0.611. The van der Waals surface area contributed by atoms with E-state index in [1.165, 1.54) is 0 Å². The first kappa shape index (κ1) is 12.4. The molecule has 0 atom stereocenters. The van der Waals surface area contributed by atoms with Crippen LogP contribution in [0.5, 0.6) is 5.75 Å². The summed E-state index contributed by atoms with van der Waals surface area (Å²) >= 11 is 3.36. The molecule has 17 heavy (non-hydrogen) atoms. The molecule has 0 heterocycles. The molecule has 0 unspecified atom stereocenters. The van der Waals surface area contributed by atoms with Crippen LogP contribution in [0.3, 0.4) is 0 Å². The maximum atomic E-state index is 11.6. The second kappa shape index (κ2) is 4.69. The Hall–Kier alpha value is -1.03. The van der Waals surface area contributed by atoms with Gasteiger partial charge >= 0.3 is 5.97 Å². The SMILES string of the molecule is O=C(O)C1(c2ccc(O)cc2Br)CCCCC1. The standard InChI is InChI=1S/C13H15BrO3/c14-11-8-9(15)4-5-10(11)13(12(16)17)6-2-1-3-7-13/h4-5,8,15H,1-3,6-7H2,(H,16,17). The van der Waals surface area contributed by atoms with Crippen LogP contribution >= 0.6 is 15.9 Å². The molecule has 0 radical (unpaired) electrons. The maximum absolute atomic E-state index is 11.6. The van der Waals surface area contributed by atoms with Crippen LogP contribution in [0.1, 0.15) is 37.7 Å². The number of carboxylic acids is 1. The first-order valence-corrected chi connectivity index (χ1v) is 6.58. The van der Waals surface area contributed by atoms with Crippen molar-refractivity contribution in [2.45, 2.75) is 37.5 Å². The normalized spacial score (nSPS) is 18.9. The van der Waals surface area contributed by atoms with Crippen LogP contribution in [-0.4, -0.2) is 16.2 Å². The average molecular weight is 299 g/mol. The molecule has 1 saturated carbocycles. The summed E-state index contributed by atoms with van der Waals surface area (Å²) in [7, 11) is 0. The fourth-order valence-electron chi connectivity index (χ4n) is 2.65. The molecule has 1 aromatic rings. The van der Waals surface area contributed by atoms with E-state index in [1.54, 1.807) is 18.2 Å². The van der Waals surface area contributed by atoms with E-state index in [1.807, 2.05) is 0 Å². The first-order valence-electron chi connectivity index (χ1n) is 5.79. The van der Waals surface area contributed by atoms with Crippen LogP contribution in [0.2, 0.25) is 0 Å². The zero-order chi connectivity index (χ0) is 12.5. The molecular weight excluding hydrogens is 284 g/mol. The lowest BCUT2D eigenvalue weighted by atomic mass is 9.69. The molecule has 4 heteroatoms. The summed E-state index contributed by atoms with van der Waals surface area (Å²) < 4.78 is 0.682. The van der Waals surface area contributed by atoms with Crippen molar-refractivity contribution in [1.82, 2.24) is 0 Å². The number of carboxylic acid groups (broad SMARTS) is 1. The predicted octanol–water partition coefficient (Wildman–Crippen LogP) is 3.44. The number of aromatic hydroxyl groups is 1. The van der Waals surface area contributed by atoms with Crippen molar-refractivity contribution in [3.05, 3.63) is 28.2 Å². The number of hydrogen-bond donors (Lipinski definition) is 2. The van der Waals surface area contributed by atoms with E-state index >= 15 is 0 Å². The fourth-order valence-corrected chi connectivity index (χ4v) is 3.39. The fraction of sp³-hybridized carbons (Fsp3) is 0.462. The van der Waals surface area contributed by atoms with E-state index in [4.69, 9.17) is 0 Å². The molecular formula is C13H15BrO3. The van der Waals surface area contributed by atoms with Crippen LogP contribution in [-0.2, 0) is 10.2 Å². The van der Waals surface area contributed by atoms with Crippen LogP contribution in [0.4, 0.5) is 0 Å². The maximum Gasteiger partial charge on any atom is 0.314 e. The van der Waals surface area contributed by atoms with Crippen molar-refractivity contribution in [3.8, 4) is 5.75 Å². The number of phenolic OH excluding ortho intramolecular Hbond substituents is 1. The molecule has 1 fully saturated rings. The zero-order valence-electron chi connectivity index (χ0n) is 9.45. The Morgan fingerprint density at radius 2 is 1.88 bits per heavy atom. The molecule has 1 aromatic carbocycles. The van der Waals surface area contributed by atoms with Gasteiger partial charge < -0.3 is 10.2 Å². The number of carbonyl (C=O) groups is 1. The van der Waals surface area contributed by atoms with Gasteiger partial charge in [-0.3, -0.25) is 4.79 Å². The van der Waals surface area contributed by atoms with Gasteiger partial charge in [0.25, 0.3) is 0 Å². The molecule has 2 N–H and O–H groups in total. The van der Waals surface area contributed by atoms with Gasteiger partial charge in [0.15, 0.2) is 0 Å². The van der Waals surface area contributed by atoms with E-state index in [-0.39, 0.29) is 5.75 Å². The van der Waals surface area contributed by atoms with Crippen LogP contribution in [0, 0.1) is 0 Å². The van der Waals surface area contributed by atoms with Gasteiger partial charge in [0.2, 0.25) is 0 Å². The molecule has 3 nitrogen and oxygen atoms in total. The third-order valence-electron chi connectivity index (χ3n) is 3.58. The summed E-state index contributed by atoms with van der Waals surface area (Å²) in [5.41, 5.74) is -0.00683. The summed E-state index contributed by atoms with van der Waals surface area (Å²) in [6, 6.07) is 4.84. The zero-order valence-corrected chi connectivity index (χ0v) is 11.0. The van der Waals surface area contributed by atoms with Crippen molar-refractivity contribution >= 4 is 21.9 Å². The number of benzene rings is 1. The smallest absolute Gasteiger partial charge is 0.314 e. The lowest BCUT2D eigenvalue weighted by Crippen LogP contribution is -2.38. The Bertz CT molecular complexity index is 436. The molecule has 2 rings (SSSR count). The highest BCUT2D eigenvalue weighted by Gasteiger charge is 2.42. The van der Waals surface area contributed by atoms with Crippen molar-refractivity contribution in [3.63, 3.8) is 0 Å². The Morgan fingerprint density at radius 3 is 2.41 bits per heavy atom. The Morgan fingerprint density at radius 1 is 1.24 bits per heavy atom. The van der Waals surface area contributed by atoms with Crippen molar-refractivity contribution in [2.75, 3.05) is 0 Å². The van der Waals surface area contributed by atoms with E-state index in [0.717, 1.165) is 24.8 Å². The molecule has 0 spiro atoms. The Balaban J connectivity index is 2.49. The van der Waals surface area contributed by atoms with Gasteiger partial charge in [0.05, 0.1) is 5.41 Å². The Labute approximate surface area is 109 Å². The summed E-state index contributed by atoms with van der Waals surface area (Å²) in [5, 5.41) is 18.9. The molecule has 0 bridgehead atoms. The lowest BCUT2D eigenvalue weighted by Gasteiger charge is -2.34. The highest BCUT2D eigenvalue weighted by atomic mass is 79.9. The molecule has 1 aliphatic carbocycles. The quantitative estimate of drug-likeness (QED) is 0.879. The second-order valence-corrected chi connectivity index (χ2v) is 5.47. The summed E-state index contributed by atoms with van der Waals surface area (Å²) in [6.45, 7) is 0. The van der Waals surface area contributed by atoms with E-state index in [0.29, 0.717) is 17.3 Å². The second-order valence-electron chi connectivity index (χ2n) is 4.61. The van der Waals surface area contributed by atoms with Gasteiger partial charge in [-0.05, 0) is 30.5 Å². The Kier molecular flexibility index (Phi) is 3.43. The summed E-state index contributed by atoms with van der Waals surface area (Å²) in [6.07, 6.45) is 4.33. The van der Waals surface area contributed by atoms with Gasteiger partial charge in [-0.2, -0.15) is 0 Å². The molecule has 0 aromatic heterocycles. The van der Waals surface area contributed by atoms with Crippen molar-refractivity contribution < 1.29 is 15.0 Å². The average Bonchev–Trinajstić information content (AvgIpc) is 2.29. The lowest BCUT2D eigenvalue weighted by molar-refractivity contribution is -0.145.